The van der Waals surface area contributed by atoms with Crippen LogP contribution in [0.3, 0.4) is 0 Å². The Kier molecular flexibility index (Phi) is 1.22. The third-order valence-corrected chi connectivity index (χ3v) is 2.79. The maximum atomic E-state index is 11.7. The summed E-state index contributed by atoms with van der Waals surface area (Å²) >= 11 is 0. The van der Waals surface area contributed by atoms with E-state index in [9.17, 15) is 4.53 Å². The van der Waals surface area contributed by atoms with Crippen molar-refractivity contribution in [3.8, 4) is 0 Å². The number of hydrogen-bond donors (Lipinski definition) is 0. The van der Waals surface area contributed by atoms with Crippen molar-refractivity contribution in [1.82, 2.24) is 0 Å². The molecule has 2 heteroatoms. The number of rotatable bonds is 1. The number of hydrogen-bond acceptors (Lipinski definition) is 1. The van der Waals surface area contributed by atoms with Crippen LogP contribution in [-0.4, -0.2) is 6.10 Å². The summed E-state index contributed by atoms with van der Waals surface area (Å²) in [5.74, 6) is 1.34. The molecule has 1 nitrogen and oxygen atoms in total. The topological polar surface area (TPSA) is 9.23 Å². The van der Waals surface area contributed by atoms with Gasteiger partial charge in [-0.05, 0) is 42.0 Å². The van der Waals surface area contributed by atoms with Crippen molar-refractivity contribution >= 4 is 0 Å². The molecule has 2 aliphatic rings. The van der Waals surface area contributed by atoms with Crippen LogP contribution in [0.25, 0.3) is 0 Å². The molecule has 0 aliphatic heterocycles. The summed E-state index contributed by atoms with van der Waals surface area (Å²) in [6.45, 7) is 0. The van der Waals surface area contributed by atoms with E-state index in [1.54, 1.807) is 0 Å². The fourth-order valence-corrected chi connectivity index (χ4v) is 2.30. The molecule has 0 spiro atoms. The van der Waals surface area contributed by atoms with Gasteiger partial charge in [0.15, 0.2) is 0 Å². The molecule has 2 rings (SSSR count). The van der Waals surface area contributed by atoms with Crippen molar-refractivity contribution in [2.45, 2.75) is 31.8 Å². The average molecular weight is 130 g/mol. The highest BCUT2D eigenvalue weighted by atomic mass is 19.3. The van der Waals surface area contributed by atoms with Crippen LogP contribution in [-0.2, 0) is 4.94 Å². The Balaban J connectivity index is 2.01. The Morgan fingerprint density at radius 3 is 2.44 bits per heavy atom. The minimum atomic E-state index is -0.0382. The van der Waals surface area contributed by atoms with Gasteiger partial charge in [0.1, 0.15) is 6.10 Å². The molecule has 0 N–H and O–H groups in total. The van der Waals surface area contributed by atoms with Crippen molar-refractivity contribution in [3.05, 3.63) is 0 Å². The van der Waals surface area contributed by atoms with Gasteiger partial charge in [-0.2, -0.15) is 4.94 Å². The van der Waals surface area contributed by atoms with Crippen LogP contribution in [0.1, 0.15) is 25.7 Å². The van der Waals surface area contributed by atoms with Crippen molar-refractivity contribution in [3.63, 3.8) is 0 Å². The van der Waals surface area contributed by atoms with Crippen molar-refractivity contribution in [2.24, 2.45) is 11.8 Å². The molecule has 0 heterocycles. The van der Waals surface area contributed by atoms with Crippen molar-refractivity contribution in [2.75, 3.05) is 0 Å². The molecule has 9 heavy (non-hydrogen) atoms. The Morgan fingerprint density at radius 1 is 1.22 bits per heavy atom. The molecule has 3 atom stereocenters. The average Bonchev–Trinajstić information content (AvgIpc) is 2.45. The minimum absolute atomic E-state index is 0.0382. The van der Waals surface area contributed by atoms with E-state index < -0.39 is 0 Å². The predicted molar refractivity (Wildman–Crippen MR) is 31.4 cm³/mol. The molecule has 3 unspecified atom stereocenters. The quantitative estimate of drug-likeness (QED) is 0.528. The summed E-state index contributed by atoms with van der Waals surface area (Å²) < 4.78 is 11.7. The van der Waals surface area contributed by atoms with Crippen molar-refractivity contribution in [1.29, 1.82) is 0 Å². The van der Waals surface area contributed by atoms with E-state index in [4.69, 9.17) is 0 Å². The first-order chi connectivity index (χ1) is 4.40. The van der Waals surface area contributed by atoms with Gasteiger partial charge in [-0.25, -0.2) is 0 Å². The molecule has 2 saturated carbocycles. The van der Waals surface area contributed by atoms with Crippen LogP contribution in [0.15, 0.2) is 0 Å². The van der Waals surface area contributed by atoms with Gasteiger partial charge in [0.25, 0.3) is 0 Å². The normalized spacial score (nSPS) is 48.3. The lowest BCUT2D eigenvalue weighted by Crippen LogP contribution is -2.16. The number of halogens is 1. The summed E-state index contributed by atoms with van der Waals surface area (Å²) in [6, 6.07) is 0. The van der Waals surface area contributed by atoms with Crippen LogP contribution < -0.4 is 0 Å². The van der Waals surface area contributed by atoms with Gasteiger partial charge in [-0.3, -0.25) is 0 Å². The van der Waals surface area contributed by atoms with E-state index in [0.29, 0.717) is 5.92 Å². The van der Waals surface area contributed by atoms with E-state index in [-0.39, 0.29) is 6.10 Å². The van der Waals surface area contributed by atoms with Gasteiger partial charge in [-0.15, -0.1) is 0 Å². The van der Waals surface area contributed by atoms with E-state index >= 15 is 0 Å². The lowest BCUT2D eigenvalue weighted by molar-refractivity contribution is -0.193. The predicted octanol–water partition coefficient (Wildman–Crippen LogP) is 2.08. The van der Waals surface area contributed by atoms with E-state index in [0.717, 1.165) is 12.3 Å². The van der Waals surface area contributed by atoms with Crippen LogP contribution in [0.5, 0.6) is 0 Å². The summed E-state index contributed by atoms with van der Waals surface area (Å²) in [6.07, 6.45) is 4.66. The van der Waals surface area contributed by atoms with Gasteiger partial charge < -0.3 is 0 Å². The Morgan fingerprint density at radius 2 is 2.11 bits per heavy atom. The highest BCUT2D eigenvalue weighted by Gasteiger charge is 2.40. The van der Waals surface area contributed by atoms with Crippen LogP contribution in [0.4, 0.5) is 4.53 Å². The van der Waals surface area contributed by atoms with Crippen molar-refractivity contribution < 1.29 is 9.47 Å². The standard InChI is InChI=1S/C7H11FO/c8-9-7-4-5-1-2-6(7)3-5/h5-7H,1-4H2. The van der Waals surface area contributed by atoms with Gasteiger partial charge in [0.2, 0.25) is 0 Å². The lowest BCUT2D eigenvalue weighted by atomic mass is 9.98. The fourth-order valence-electron chi connectivity index (χ4n) is 2.30. The molecule has 0 aromatic carbocycles. The smallest absolute Gasteiger partial charge is 0.101 e. The Bertz CT molecular complexity index is 115. The molecule has 0 saturated heterocycles. The first kappa shape index (κ1) is 5.66. The summed E-state index contributed by atoms with van der Waals surface area (Å²) in [5.41, 5.74) is 0. The third kappa shape index (κ3) is 0.767. The second-order valence-electron chi connectivity index (χ2n) is 3.30. The highest BCUT2D eigenvalue weighted by molar-refractivity contribution is 4.90. The monoisotopic (exact) mass is 130 g/mol. The molecule has 2 bridgehead atoms. The first-order valence-electron chi connectivity index (χ1n) is 3.67. The molecule has 0 radical (unpaired) electrons. The molecular weight excluding hydrogens is 119 g/mol. The van der Waals surface area contributed by atoms with E-state index in [1.807, 2.05) is 0 Å². The third-order valence-electron chi connectivity index (χ3n) is 2.79. The van der Waals surface area contributed by atoms with Gasteiger partial charge in [0, 0.05) is 0 Å². The summed E-state index contributed by atoms with van der Waals surface area (Å²) in [7, 11) is 0. The minimum Gasteiger partial charge on any atom is -0.191 e. The SMILES string of the molecule is FOC1CC2CCC1C2. The molecule has 0 amide bonds. The Labute approximate surface area is 54.1 Å². The van der Waals surface area contributed by atoms with Gasteiger partial charge in [-0.1, -0.05) is 0 Å². The van der Waals surface area contributed by atoms with Gasteiger partial charge in [0.05, 0.1) is 0 Å². The zero-order valence-corrected chi connectivity index (χ0v) is 5.35. The maximum absolute atomic E-state index is 11.7. The largest absolute Gasteiger partial charge is 0.191 e. The van der Waals surface area contributed by atoms with E-state index in [1.165, 1.54) is 19.3 Å². The zero-order valence-electron chi connectivity index (χ0n) is 5.35. The second kappa shape index (κ2) is 1.94. The fraction of sp³-hybridized carbons (Fsp3) is 1.00. The summed E-state index contributed by atoms with van der Waals surface area (Å²) in [4.78, 5) is 3.85. The number of fused-ring (bicyclic) bond motifs is 2. The highest BCUT2D eigenvalue weighted by Crippen LogP contribution is 2.45. The zero-order chi connectivity index (χ0) is 6.27. The van der Waals surface area contributed by atoms with Crippen LogP contribution in [0, 0.1) is 11.8 Å². The second-order valence-corrected chi connectivity index (χ2v) is 3.30. The molecule has 0 aromatic rings. The van der Waals surface area contributed by atoms with Crippen LogP contribution >= 0.6 is 0 Å². The lowest BCUT2D eigenvalue weighted by Gasteiger charge is -2.15. The maximum Gasteiger partial charge on any atom is 0.101 e. The van der Waals surface area contributed by atoms with Gasteiger partial charge >= 0.3 is 0 Å². The molecule has 0 aromatic heterocycles. The van der Waals surface area contributed by atoms with E-state index in [2.05, 4.69) is 4.94 Å². The molecule has 2 fully saturated rings. The Hall–Kier alpha value is -0.110. The first-order valence-corrected chi connectivity index (χ1v) is 3.67. The summed E-state index contributed by atoms with van der Waals surface area (Å²) in [5, 5.41) is 0. The van der Waals surface area contributed by atoms with Crippen LogP contribution in [0.2, 0.25) is 0 Å². The molecule has 2 aliphatic carbocycles. The molecular formula is C7H11FO. The molecule has 52 valence electrons.